The van der Waals surface area contributed by atoms with Gasteiger partial charge in [-0.3, -0.25) is 9.48 Å². The van der Waals surface area contributed by atoms with E-state index in [9.17, 15) is 9.18 Å². The van der Waals surface area contributed by atoms with Crippen molar-refractivity contribution in [3.05, 3.63) is 94.1 Å². The number of anilines is 1. The van der Waals surface area contributed by atoms with Crippen LogP contribution in [0, 0.1) is 5.82 Å². The fourth-order valence-corrected chi connectivity index (χ4v) is 3.18. The number of halogens is 3. The van der Waals surface area contributed by atoms with Crippen molar-refractivity contribution in [2.24, 2.45) is 0 Å². The number of ether oxygens (including phenoxy) is 1. The number of carbonyl (C=O) groups is 1. The van der Waals surface area contributed by atoms with E-state index in [0.717, 1.165) is 0 Å². The maximum atomic E-state index is 13.8. The number of nitrogens with one attached hydrogen (secondary N) is 1. The van der Waals surface area contributed by atoms with Crippen LogP contribution in [0.2, 0.25) is 10.0 Å². The summed E-state index contributed by atoms with van der Waals surface area (Å²) >= 11 is 12.2. The smallest absolute Gasteiger partial charge is 0.277 e. The van der Waals surface area contributed by atoms with Gasteiger partial charge < -0.3 is 10.1 Å². The van der Waals surface area contributed by atoms with Crippen LogP contribution in [-0.4, -0.2) is 25.5 Å². The number of aromatic nitrogens is 4. The van der Waals surface area contributed by atoms with Crippen molar-refractivity contribution in [1.82, 2.24) is 19.6 Å². The Hall–Kier alpha value is -3.36. The highest BCUT2D eigenvalue weighted by Gasteiger charge is 2.15. The first-order chi connectivity index (χ1) is 15.0. The van der Waals surface area contributed by atoms with Crippen LogP contribution in [0.3, 0.4) is 0 Å². The van der Waals surface area contributed by atoms with E-state index in [1.807, 2.05) is 0 Å². The molecule has 1 amide bonds. The highest BCUT2D eigenvalue weighted by molar-refractivity contribution is 6.33. The molecule has 0 bridgehead atoms. The molecule has 0 atom stereocenters. The number of benzene rings is 2. The van der Waals surface area contributed by atoms with E-state index in [0.29, 0.717) is 16.3 Å². The summed E-state index contributed by atoms with van der Waals surface area (Å²) in [5.41, 5.74) is 0.610. The average molecular weight is 460 g/mol. The lowest BCUT2D eigenvalue weighted by Crippen LogP contribution is -2.15. The van der Waals surface area contributed by atoms with E-state index >= 15 is 0 Å². The van der Waals surface area contributed by atoms with Crippen LogP contribution in [-0.2, 0) is 13.3 Å². The van der Waals surface area contributed by atoms with Gasteiger partial charge in [-0.1, -0.05) is 53.5 Å². The maximum Gasteiger partial charge on any atom is 0.277 e. The first-order valence-corrected chi connectivity index (χ1v) is 9.93. The van der Waals surface area contributed by atoms with Crippen molar-refractivity contribution in [1.29, 1.82) is 0 Å². The predicted molar refractivity (Wildman–Crippen MR) is 115 cm³/mol. The van der Waals surface area contributed by atoms with Crippen molar-refractivity contribution in [3.8, 4) is 5.75 Å². The zero-order chi connectivity index (χ0) is 21.8. The fraction of sp³-hybridized carbons (Fsp3) is 0.0952. The molecule has 0 aliphatic carbocycles. The summed E-state index contributed by atoms with van der Waals surface area (Å²) < 4.78 is 22.3. The topological polar surface area (TPSA) is 74.0 Å². The van der Waals surface area contributed by atoms with Gasteiger partial charge >= 0.3 is 0 Å². The molecule has 10 heteroatoms. The predicted octanol–water partition coefficient (Wildman–Crippen LogP) is 4.86. The first kappa shape index (κ1) is 20.9. The zero-order valence-corrected chi connectivity index (χ0v) is 17.5. The monoisotopic (exact) mass is 459 g/mol. The Kier molecular flexibility index (Phi) is 6.20. The molecule has 0 saturated heterocycles. The van der Waals surface area contributed by atoms with E-state index in [2.05, 4.69) is 15.5 Å². The molecule has 31 heavy (non-hydrogen) atoms. The van der Waals surface area contributed by atoms with Gasteiger partial charge in [-0.25, -0.2) is 9.07 Å². The quantitative estimate of drug-likeness (QED) is 0.428. The summed E-state index contributed by atoms with van der Waals surface area (Å²) in [4.78, 5) is 12.5. The summed E-state index contributed by atoms with van der Waals surface area (Å²) in [5, 5.41) is 11.7. The normalized spacial score (nSPS) is 10.8. The third kappa shape index (κ3) is 5.04. The Labute approximate surface area is 187 Å². The Morgan fingerprint density at radius 3 is 2.58 bits per heavy atom. The summed E-state index contributed by atoms with van der Waals surface area (Å²) in [6.07, 6.45) is 3.11. The molecule has 0 fully saturated rings. The van der Waals surface area contributed by atoms with Gasteiger partial charge in [-0.15, -0.1) is 0 Å². The SMILES string of the molecule is O=C(Nc1nn(Cc2ccccc2F)cc1Cl)c1ccn(COc2ccccc2Cl)n1. The lowest BCUT2D eigenvalue weighted by Gasteiger charge is -2.07. The first-order valence-electron chi connectivity index (χ1n) is 9.18. The number of hydrogen-bond acceptors (Lipinski definition) is 4. The Morgan fingerprint density at radius 2 is 1.77 bits per heavy atom. The number of rotatable bonds is 7. The zero-order valence-electron chi connectivity index (χ0n) is 16.0. The molecule has 4 rings (SSSR count). The maximum absolute atomic E-state index is 13.8. The van der Waals surface area contributed by atoms with Crippen LogP contribution < -0.4 is 10.1 Å². The van der Waals surface area contributed by atoms with E-state index < -0.39 is 5.91 Å². The van der Waals surface area contributed by atoms with Crippen LogP contribution in [0.15, 0.2) is 67.0 Å². The summed E-state index contributed by atoms with van der Waals surface area (Å²) in [6, 6.07) is 15.0. The van der Waals surface area contributed by atoms with E-state index in [1.54, 1.807) is 48.7 Å². The molecule has 0 radical (unpaired) electrons. The third-order valence-electron chi connectivity index (χ3n) is 4.30. The molecule has 1 N–H and O–H groups in total. The summed E-state index contributed by atoms with van der Waals surface area (Å²) in [5.74, 6) is -0.165. The second-order valence-electron chi connectivity index (χ2n) is 6.51. The summed E-state index contributed by atoms with van der Waals surface area (Å²) in [7, 11) is 0. The van der Waals surface area contributed by atoms with Crippen molar-refractivity contribution >= 4 is 34.9 Å². The van der Waals surface area contributed by atoms with Gasteiger partial charge in [0, 0.05) is 18.0 Å². The van der Waals surface area contributed by atoms with Crippen LogP contribution in [0.5, 0.6) is 5.75 Å². The van der Waals surface area contributed by atoms with Gasteiger partial charge in [0.05, 0.1) is 11.6 Å². The number of carbonyl (C=O) groups excluding carboxylic acids is 1. The number of para-hydroxylation sites is 1. The second kappa shape index (κ2) is 9.20. The van der Waals surface area contributed by atoms with E-state index in [-0.39, 0.29) is 35.6 Å². The minimum absolute atomic E-state index is 0.0784. The Balaban J connectivity index is 1.39. The van der Waals surface area contributed by atoms with Crippen LogP contribution in [0.4, 0.5) is 10.2 Å². The number of hydrogen-bond donors (Lipinski definition) is 1. The van der Waals surface area contributed by atoms with Gasteiger partial charge in [0.2, 0.25) is 0 Å². The molecule has 2 aromatic heterocycles. The van der Waals surface area contributed by atoms with Crippen LogP contribution in [0.1, 0.15) is 16.1 Å². The average Bonchev–Trinajstić information content (AvgIpc) is 3.36. The van der Waals surface area contributed by atoms with Crippen LogP contribution in [0.25, 0.3) is 0 Å². The minimum Gasteiger partial charge on any atom is -0.470 e. The molecular weight excluding hydrogens is 444 g/mol. The Morgan fingerprint density at radius 1 is 1.00 bits per heavy atom. The highest BCUT2D eigenvalue weighted by Crippen LogP contribution is 2.23. The molecule has 0 saturated carbocycles. The van der Waals surface area contributed by atoms with Crippen LogP contribution >= 0.6 is 23.2 Å². The van der Waals surface area contributed by atoms with Gasteiger partial charge in [-0.2, -0.15) is 10.2 Å². The van der Waals surface area contributed by atoms with Crippen molar-refractivity contribution in [2.45, 2.75) is 13.3 Å². The molecule has 2 heterocycles. The van der Waals surface area contributed by atoms with Crippen molar-refractivity contribution < 1.29 is 13.9 Å². The largest absolute Gasteiger partial charge is 0.470 e. The minimum atomic E-state index is -0.491. The van der Waals surface area contributed by atoms with Gasteiger partial charge in [-0.05, 0) is 24.3 Å². The molecule has 0 spiro atoms. The Bertz CT molecular complexity index is 1220. The molecule has 4 aromatic rings. The van der Waals surface area contributed by atoms with Crippen molar-refractivity contribution in [3.63, 3.8) is 0 Å². The van der Waals surface area contributed by atoms with Gasteiger partial charge in [0.15, 0.2) is 18.2 Å². The highest BCUT2D eigenvalue weighted by atomic mass is 35.5. The van der Waals surface area contributed by atoms with Gasteiger partial charge in [0.1, 0.15) is 16.6 Å². The number of nitrogens with zero attached hydrogens (tertiary/aromatic N) is 4. The summed E-state index contributed by atoms with van der Waals surface area (Å²) in [6.45, 7) is 0.255. The lowest BCUT2D eigenvalue weighted by atomic mass is 10.2. The molecule has 0 unspecified atom stereocenters. The lowest BCUT2D eigenvalue weighted by molar-refractivity contribution is 0.101. The van der Waals surface area contributed by atoms with E-state index in [4.69, 9.17) is 27.9 Å². The van der Waals surface area contributed by atoms with Crippen molar-refractivity contribution in [2.75, 3.05) is 5.32 Å². The van der Waals surface area contributed by atoms with Gasteiger partial charge in [0.25, 0.3) is 5.91 Å². The molecule has 158 valence electrons. The molecule has 0 aliphatic rings. The molecular formula is C21H16Cl2FN5O2. The standard InChI is InChI=1S/C21H16Cl2FN5O2/c22-15-6-2-4-8-19(15)31-13-28-10-9-18(26-28)21(30)25-20-16(23)12-29(27-20)11-14-5-1-3-7-17(14)24/h1-10,12H,11,13H2,(H,25,27,30). The second-order valence-corrected chi connectivity index (χ2v) is 7.33. The molecule has 7 nitrogen and oxygen atoms in total. The molecule has 2 aromatic carbocycles. The number of amides is 1. The van der Waals surface area contributed by atoms with E-state index in [1.165, 1.54) is 27.7 Å². The molecule has 0 aliphatic heterocycles. The fourth-order valence-electron chi connectivity index (χ4n) is 2.79. The third-order valence-corrected chi connectivity index (χ3v) is 4.89.